The molecule has 0 radical (unpaired) electrons. The first-order valence-electron chi connectivity index (χ1n) is 3.82. The number of hydrogen-bond donors (Lipinski definition) is 2. The monoisotopic (exact) mass is 170 g/mol. The van der Waals surface area contributed by atoms with Crippen molar-refractivity contribution in [3.05, 3.63) is 0 Å². The van der Waals surface area contributed by atoms with Crippen LogP contribution in [0.1, 0.15) is 20.8 Å². The van der Waals surface area contributed by atoms with E-state index in [0.29, 0.717) is 6.54 Å². The minimum Gasteiger partial charge on any atom is -0.330 e. The van der Waals surface area contributed by atoms with Gasteiger partial charge in [-0.05, 0) is 0 Å². The number of hydrogen-bond acceptors (Lipinski definition) is 3. The third-order valence-corrected chi connectivity index (χ3v) is 1.71. The van der Waals surface area contributed by atoms with E-state index in [1.807, 2.05) is 20.8 Å². The number of urea groups is 1. The maximum Gasteiger partial charge on any atom is 0.353 e. The third kappa shape index (κ3) is 1.73. The van der Waals surface area contributed by atoms with Gasteiger partial charge in [-0.1, -0.05) is 20.8 Å². The predicted octanol–water partition coefficient (Wildman–Crippen LogP) is 0.287. The number of hydrazone groups is 1. The number of carbonyl (C=O) groups excluding carboxylic acids is 1. The number of carbonyl (C=O) groups is 1. The molecule has 12 heavy (non-hydrogen) atoms. The molecule has 5 heteroatoms. The molecule has 0 saturated heterocycles. The van der Waals surface area contributed by atoms with Crippen molar-refractivity contribution in [3.8, 4) is 0 Å². The van der Waals surface area contributed by atoms with Gasteiger partial charge in [0, 0.05) is 5.41 Å². The molecule has 1 aliphatic heterocycles. The van der Waals surface area contributed by atoms with Crippen LogP contribution in [0, 0.1) is 5.41 Å². The minimum absolute atomic E-state index is 0.0503. The quantitative estimate of drug-likeness (QED) is 0.405. The van der Waals surface area contributed by atoms with Gasteiger partial charge < -0.3 is 5.32 Å². The summed E-state index contributed by atoms with van der Waals surface area (Å²) in [6, 6.07) is -0.358. The molecule has 0 atom stereocenters. The maximum atomic E-state index is 10.8. The summed E-state index contributed by atoms with van der Waals surface area (Å²) in [7, 11) is 0. The third-order valence-electron chi connectivity index (χ3n) is 1.71. The molecule has 0 aromatic rings. The van der Waals surface area contributed by atoms with E-state index in [-0.39, 0.29) is 11.4 Å². The zero-order chi connectivity index (χ0) is 9.35. The van der Waals surface area contributed by atoms with Crippen molar-refractivity contribution in [2.24, 2.45) is 16.4 Å². The summed E-state index contributed by atoms with van der Waals surface area (Å²) >= 11 is 0. The van der Waals surface area contributed by atoms with Crippen LogP contribution in [0.2, 0.25) is 0 Å². The lowest BCUT2D eigenvalue weighted by molar-refractivity contribution is 0.197. The second kappa shape index (κ2) is 2.75. The first kappa shape index (κ1) is 8.99. The highest BCUT2D eigenvalue weighted by molar-refractivity contribution is 5.96. The SMILES string of the molecule is CC(C)(C)C1=NN(N)C(=O)NC1. The van der Waals surface area contributed by atoms with Gasteiger partial charge in [0.25, 0.3) is 0 Å². The van der Waals surface area contributed by atoms with E-state index in [2.05, 4.69) is 10.4 Å². The molecule has 0 aromatic carbocycles. The van der Waals surface area contributed by atoms with Crippen molar-refractivity contribution in [3.63, 3.8) is 0 Å². The van der Waals surface area contributed by atoms with Crippen LogP contribution in [0.5, 0.6) is 0 Å². The maximum absolute atomic E-state index is 10.8. The highest BCUT2D eigenvalue weighted by atomic mass is 16.2. The summed E-state index contributed by atoms with van der Waals surface area (Å²) in [5.41, 5.74) is 0.829. The number of hydrazine groups is 1. The molecule has 1 heterocycles. The molecule has 68 valence electrons. The molecule has 5 nitrogen and oxygen atoms in total. The van der Waals surface area contributed by atoms with Gasteiger partial charge in [0.15, 0.2) is 0 Å². The fourth-order valence-electron chi connectivity index (χ4n) is 0.866. The Bertz CT molecular complexity index is 228. The van der Waals surface area contributed by atoms with Gasteiger partial charge in [-0.25, -0.2) is 10.6 Å². The molecular weight excluding hydrogens is 156 g/mol. The molecule has 0 unspecified atom stereocenters. The van der Waals surface area contributed by atoms with Crippen LogP contribution in [-0.4, -0.2) is 23.4 Å². The van der Waals surface area contributed by atoms with Crippen LogP contribution in [-0.2, 0) is 0 Å². The Morgan fingerprint density at radius 2 is 2.17 bits per heavy atom. The van der Waals surface area contributed by atoms with Crippen LogP contribution >= 0.6 is 0 Å². The van der Waals surface area contributed by atoms with Crippen molar-refractivity contribution >= 4 is 11.7 Å². The van der Waals surface area contributed by atoms with E-state index in [0.717, 1.165) is 10.8 Å². The summed E-state index contributed by atoms with van der Waals surface area (Å²) in [6.45, 7) is 6.56. The standard InChI is InChI=1S/C7H14N4O/c1-7(2,3)5-4-9-6(12)11(8)10-5/h4,8H2,1-3H3,(H,9,12). The van der Waals surface area contributed by atoms with Crippen molar-refractivity contribution in [2.45, 2.75) is 20.8 Å². The lowest BCUT2D eigenvalue weighted by atomic mass is 9.90. The van der Waals surface area contributed by atoms with Gasteiger partial charge in [0.2, 0.25) is 0 Å². The van der Waals surface area contributed by atoms with E-state index in [4.69, 9.17) is 5.84 Å². The molecule has 3 N–H and O–H groups in total. The highest BCUT2D eigenvalue weighted by Crippen LogP contribution is 2.17. The first-order valence-corrected chi connectivity index (χ1v) is 3.82. The van der Waals surface area contributed by atoms with E-state index in [1.165, 1.54) is 0 Å². The Morgan fingerprint density at radius 1 is 1.58 bits per heavy atom. The molecule has 0 bridgehead atoms. The average molecular weight is 170 g/mol. The van der Waals surface area contributed by atoms with Crippen LogP contribution in [0.3, 0.4) is 0 Å². The lowest BCUT2D eigenvalue weighted by Crippen LogP contribution is -2.50. The average Bonchev–Trinajstić information content (AvgIpc) is 1.92. The molecule has 0 aromatic heterocycles. The second-order valence-electron chi connectivity index (χ2n) is 3.80. The van der Waals surface area contributed by atoms with E-state index in [9.17, 15) is 4.79 Å². The van der Waals surface area contributed by atoms with Crippen molar-refractivity contribution in [2.75, 3.05) is 6.54 Å². The Balaban J connectivity index is 2.82. The van der Waals surface area contributed by atoms with Gasteiger partial charge in [0.1, 0.15) is 0 Å². The van der Waals surface area contributed by atoms with Crippen molar-refractivity contribution < 1.29 is 4.79 Å². The number of amides is 2. The van der Waals surface area contributed by atoms with Gasteiger partial charge in [-0.15, -0.1) is 5.12 Å². The fraction of sp³-hybridized carbons (Fsp3) is 0.714. The summed E-state index contributed by atoms with van der Waals surface area (Å²) in [4.78, 5) is 10.8. The normalized spacial score (nSPS) is 18.8. The van der Waals surface area contributed by atoms with Crippen LogP contribution in [0.15, 0.2) is 5.10 Å². The van der Waals surface area contributed by atoms with Crippen molar-refractivity contribution in [1.29, 1.82) is 0 Å². The predicted molar refractivity (Wildman–Crippen MR) is 46.3 cm³/mol. The molecular formula is C7H14N4O. The summed E-state index contributed by atoms with van der Waals surface area (Å²) in [6.07, 6.45) is 0. The topological polar surface area (TPSA) is 70.7 Å². The fourth-order valence-corrected chi connectivity index (χ4v) is 0.866. The van der Waals surface area contributed by atoms with Gasteiger partial charge in [-0.2, -0.15) is 5.10 Å². The first-order chi connectivity index (χ1) is 5.41. The van der Waals surface area contributed by atoms with Gasteiger partial charge in [0.05, 0.1) is 12.3 Å². The summed E-state index contributed by atoms with van der Waals surface area (Å²) < 4.78 is 0. The molecule has 0 spiro atoms. The molecule has 1 aliphatic rings. The number of nitrogens with one attached hydrogen (secondary N) is 1. The Kier molecular flexibility index (Phi) is 2.06. The number of nitrogens with zero attached hydrogens (tertiary/aromatic N) is 2. The Morgan fingerprint density at radius 3 is 2.58 bits per heavy atom. The molecule has 0 fully saturated rings. The molecule has 0 saturated carbocycles. The van der Waals surface area contributed by atoms with Gasteiger partial charge >= 0.3 is 6.03 Å². The van der Waals surface area contributed by atoms with E-state index >= 15 is 0 Å². The highest BCUT2D eigenvalue weighted by Gasteiger charge is 2.25. The van der Waals surface area contributed by atoms with Crippen LogP contribution in [0.4, 0.5) is 4.79 Å². The van der Waals surface area contributed by atoms with Crippen LogP contribution in [0.25, 0.3) is 0 Å². The number of nitrogens with two attached hydrogens (primary N) is 1. The zero-order valence-corrected chi connectivity index (χ0v) is 7.59. The second-order valence-corrected chi connectivity index (χ2v) is 3.80. The Hall–Kier alpha value is -1.10. The molecule has 0 aliphatic carbocycles. The smallest absolute Gasteiger partial charge is 0.330 e. The van der Waals surface area contributed by atoms with Crippen LogP contribution < -0.4 is 11.2 Å². The Labute approximate surface area is 71.6 Å². The summed E-state index contributed by atoms with van der Waals surface area (Å²) in [5.74, 6) is 5.30. The minimum atomic E-state index is -0.358. The lowest BCUT2D eigenvalue weighted by Gasteiger charge is -2.27. The molecule has 1 rings (SSSR count). The molecule has 2 amide bonds. The van der Waals surface area contributed by atoms with E-state index < -0.39 is 0 Å². The summed E-state index contributed by atoms with van der Waals surface area (Å²) in [5, 5.41) is 7.41. The van der Waals surface area contributed by atoms with Crippen molar-refractivity contribution in [1.82, 2.24) is 10.4 Å². The largest absolute Gasteiger partial charge is 0.353 e. The number of rotatable bonds is 0. The zero-order valence-electron chi connectivity index (χ0n) is 7.59. The van der Waals surface area contributed by atoms with Gasteiger partial charge in [-0.3, -0.25) is 0 Å². The van der Waals surface area contributed by atoms with E-state index in [1.54, 1.807) is 0 Å².